The topological polar surface area (TPSA) is 66.4 Å². The summed E-state index contributed by atoms with van der Waals surface area (Å²) in [7, 11) is 0. The average Bonchev–Trinajstić information content (AvgIpc) is 2.66. The molecular formula is C17H18N4O2. The number of piperidine rings is 1. The zero-order valence-electron chi connectivity index (χ0n) is 12.7. The van der Waals surface area contributed by atoms with Gasteiger partial charge in [0.15, 0.2) is 0 Å². The second-order valence-corrected chi connectivity index (χ2v) is 5.52. The Balaban J connectivity index is 2.05. The Morgan fingerprint density at radius 2 is 1.78 bits per heavy atom. The van der Waals surface area contributed by atoms with Gasteiger partial charge in [0.25, 0.3) is 0 Å². The summed E-state index contributed by atoms with van der Waals surface area (Å²) in [5, 5.41) is 5.79. The van der Waals surface area contributed by atoms with Crippen molar-refractivity contribution < 1.29 is 9.59 Å². The van der Waals surface area contributed by atoms with Gasteiger partial charge in [0.05, 0.1) is 0 Å². The highest BCUT2D eigenvalue weighted by atomic mass is 16.2. The van der Waals surface area contributed by atoms with E-state index in [9.17, 15) is 9.59 Å². The van der Waals surface area contributed by atoms with Crippen LogP contribution in [0.2, 0.25) is 0 Å². The van der Waals surface area contributed by atoms with Crippen LogP contribution in [0.25, 0.3) is 25.3 Å². The molecule has 0 saturated carbocycles. The molecule has 1 saturated heterocycles. The number of allylic oxidation sites excluding steroid dienone is 1. The second kappa shape index (κ2) is 5.64. The van der Waals surface area contributed by atoms with Crippen LogP contribution in [0.5, 0.6) is 0 Å². The number of fused-ring (bicyclic) bond motifs is 1. The monoisotopic (exact) mass is 310 g/mol. The first-order valence-electron chi connectivity index (χ1n) is 7.28. The molecule has 118 valence electrons. The van der Waals surface area contributed by atoms with Crippen molar-refractivity contribution in [3.63, 3.8) is 0 Å². The molecule has 23 heavy (non-hydrogen) atoms. The first kappa shape index (κ1) is 14.9. The van der Waals surface area contributed by atoms with Crippen LogP contribution in [-0.2, 0) is 9.59 Å². The Morgan fingerprint density at radius 1 is 1.17 bits per heavy atom. The molecule has 1 aromatic rings. The van der Waals surface area contributed by atoms with Crippen LogP contribution >= 0.6 is 0 Å². The molecule has 3 rings (SSSR count). The van der Waals surface area contributed by atoms with E-state index in [2.05, 4.69) is 30.5 Å². The number of rotatable bonds is 3. The molecule has 6 heteroatoms. The van der Waals surface area contributed by atoms with E-state index in [0.717, 1.165) is 33.9 Å². The van der Waals surface area contributed by atoms with Crippen molar-refractivity contribution in [2.75, 3.05) is 0 Å². The van der Waals surface area contributed by atoms with Crippen LogP contribution in [-0.4, -0.2) is 21.9 Å². The van der Waals surface area contributed by atoms with Crippen LogP contribution in [0.1, 0.15) is 30.0 Å². The molecule has 0 aliphatic carbocycles. The van der Waals surface area contributed by atoms with Gasteiger partial charge in [0.2, 0.25) is 12.3 Å². The zero-order valence-corrected chi connectivity index (χ0v) is 12.7. The molecule has 1 aromatic heterocycles. The predicted molar refractivity (Wildman–Crippen MR) is 89.4 cm³/mol. The zero-order chi connectivity index (χ0) is 16.6. The van der Waals surface area contributed by atoms with E-state index in [0.29, 0.717) is 12.8 Å². The van der Waals surface area contributed by atoms with Crippen LogP contribution in [0.3, 0.4) is 0 Å². The highest BCUT2D eigenvalue weighted by Gasteiger charge is 2.27. The van der Waals surface area contributed by atoms with E-state index in [1.165, 1.54) is 5.01 Å². The molecule has 2 aliphatic heterocycles. The molecular weight excluding hydrogens is 292 g/mol. The fourth-order valence-electron chi connectivity index (χ4n) is 3.00. The predicted octanol–water partition coefficient (Wildman–Crippen LogP) is 0.191. The van der Waals surface area contributed by atoms with Gasteiger partial charge in [-0.05, 0) is 25.0 Å². The fraction of sp³-hybridized carbons (Fsp3) is 0.176. The molecule has 2 amide bonds. The minimum atomic E-state index is -0.335. The number of hydrogen-bond acceptors (Lipinski definition) is 3. The summed E-state index contributed by atoms with van der Waals surface area (Å²) >= 11 is 0. The molecule has 2 N–H and O–H groups in total. The maximum Gasteiger partial charge on any atom is 0.247 e. The Kier molecular flexibility index (Phi) is 3.65. The van der Waals surface area contributed by atoms with Gasteiger partial charge < -0.3 is 9.88 Å². The average molecular weight is 310 g/mol. The summed E-state index contributed by atoms with van der Waals surface area (Å²) in [6.07, 6.45) is 9.14. The van der Waals surface area contributed by atoms with E-state index >= 15 is 0 Å². The normalized spacial score (nSPS) is 20.0. The van der Waals surface area contributed by atoms with E-state index < -0.39 is 0 Å². The molecule has 2 aliphatic rings. The van der Waals surface area contributed by atoms with Gasteiger partial charge in [0, 0.05) is 39.9 Å². The minimum Gasteiger partial charge on any atom is -0.329 e. The lowest BCUT2D eigenvalue weighted by Gasteiger charge is -2.25. The van der Waals surface area contributed by atoms with E-state index in [1.54, 1.807) is 12.4 Å². The third kappa shape index (κ3) is 2.48. The van der Waals surface area contributed by atoms with Gasteiger partial charge in [-0.2, -0.15) is 0 Å². The largest absolute Gasteiger partial charge is 0.329 e. The lowest BCUT2D eigenvalue weighted by Crippen LogP contribution is -2.43. The third-order valence-electron chi connectivity index (χ3n) is 4.13. The number of amides is 2. The fourth-order valence-corrected chi connectivity index (χ4v) is 3.00. The van der Waals surface area contributed by atoms with Crippen molar-refractivity contribution in [1.82, 2.24) is 20.3 Å². The highest BCUT2D eigenvalue weighted by Crippen LogP contribution is 2.21. The Morgan fingerprint density at radius 3 is 2.30 bits per heavy atom. The highest BCUT2D eigenvalue weighted by molar-refractivity contribution is 5.83. The summed E-state index contributed by atoms with van der Waals surface area (Å²) in [6.45, 7) is 12.1. The van der Waals surface area contributed by atoms with Crippen LogP contribution in [0, 0.1) is 0 Å². The molecule has 0 aromatic carbocycles. The number of hydrogen-bond donors (Lipinski definition) is 2. The Bertz CT molecular complexity index is 801. The van der Waals surface area contributed by atoms with Gasteiger partial charge >= 0.3 is 0 Å². The van der Waals surface area contributed by atoms with Gasteiger partial charge in [-0.15, -0.1) is 0 Å². The van der Waals surface area contributed by atoms with Crippen LogP contribution in [0.15, 0.2) is 24.7 Å². The van der Waals surface area contributed by atoms with Crippen molar-refractivity contribution >= 4 is 37.6 Å². The Labute approximate surface area is 133 Å². The van der Waals surface area contributed by atoms with Crippen molar-refractivity contribution in [2.45, 2.75) is 18.9 Å². The maximum atomic E-state index is 12.3. The summed E-state index contributed by atoms with van der Waals surface area (Å²) in [6, 6.07) is -0.335. The number of nitrogens with one attached hydrogen (secondary N) is 2. The summed E-state index contributed by atoms with van der Waals surface area (Å²) < 4.78 is 1.88. The number of aromatic nitrogens is 1. The molecule has 1 fully saturated rings. The smallest absolute Gasteiger partial charge is 0.247 e. The van der Waals surface area contributed by atoms with Gasteiger partial charge in [0.1, 0.15) is 6.04 Å². The maximum absolute atomic E-state index is 12.3. The first-order chi connectivity index (χ1) is 11.0. The number of carbonyl (C=O) groups is 2. The second-order valence-electron chi connectivity index (χ2n) is 5.52. The Hall–Kier alpha value is -3.02. The molecule has 1 unspecified atom stereocenters. The van der Waals surface area contributed by atoms with Crippen molar-refractivity contribution in [2.24, 2.45) is 0 Å². The van der Waals surface area contributed by atoms with Crippen molar-refractivity contribution in [1.29, 1.82) is 0 Å². The number of nitrogens with zero attached hydrogens (tertiary/aromatic N) is 2. The summed E-state index contributed by atoms with van der Waals surface area (Å²) in [4.78, 5) is 22.8. The summed E-state index contributed by atoms with van der Waals surface area (Å²) in [5.41, 5.74) is 5.05. The SMILES string of the molecule is C=C1CCC(n2c(=C)c3c(c2=C)C=CN(NC=O)C=C3)C(=O)N1. The molecule has 0 bridgehead atoms. The molecule has 0 radical (unpaired) electrons. The minimum absolute atomic E-state index is 0.0848. The molecule has 0 spiro atoms. The molecule has 3 heterocycles. The van der Waals surface area contributed by atoms with E-state index in [1.807, 2.05) is 16.7 Å². The molecule has 6 nitrogen and oxygen atoms in total. The molecule has 1 atom stereocenters. The number of carbonyl (C=O) groups excluding carboxylic acids is 2. The van der Waals surface area contributed by atoms with Crippen LogP contribution in [0.4, 0.5) is 0 Å². The lowest BCUT2D eigenvalue weighted by atomic mass is 10.0. The van der Waals surface area contributed by atoms with E-state index in [-0.39, 0.29) is 11.9 Å². The van der Waals surface area contributed by atoms with Crippen LogP contribution < -0.4 is 21.4 Å². The third-order valence-corrected chi connectivity index (χ3v) is 4.13. The lowest BCUT2D eigenvalue weighted by molar-refractivity contribution is -0.124. The van der Waals surface area contributed by atoms with Gasteiger partial charge in [-0.1, -0.05) is 19.7 Å². The van der Waals surface area contributed by atoms with E-state index in [4.69, 9.17) is 0 Å². The quantitative estimate of drug-likeness (QED) is 0.784. The van der Waals surface area contributed by atoms with Gasteiger partial charge in [-0.25, -0.2) is 0 Å². The summed E-state index contributed by atoms with van der Waals surface area (Å²) in [5.74, 6) is -0.0848. The van der Waals surface area contributed by atoms with Crippen molar-refractivity contribution in [3.05, 3.63) is 46.5 Å². The first-order valence-corrected chi connectivity index (χ1v) is 7.28. The van der Waals surface area contributed by atoms with Gasteiger partial charge in [-0.3, -0.25) is 20.0 Å². The standard InChI is InChI=1S/C17H18N4O2/c1-11-4-5-16(17(23)19-11)21-12(2)14-6-8-20(18-10-22)9-7-15(14)13(21)3/h6-10,16H,1-5H2,(H,18,22)(H,19,23). The van der Waals surface area contributed by atoms with Crippen molar-refractivity contribution in [3.8, 4) is 0 Å². The number of hydrazine groups is 1.